The normalized spacial score (nSPS) is 17.9. The summed E-state index contributed by atoms with van der Waals surface area (Å²) < 4.78 is 15.1. The zero-order valence-electron chi connectivity index (χ0n) is 20.4. The Hall–Kier alpha value is -3.49. The third kappa shape index (κ3) is 4.88. The second-order valence-corrected chi connectivity index (χ2v) is 9.00. The van der Waals surface area contributed by atoms with Crippen LogP contribution in [-0.4, -0.2) is 51.6 Å². The number of nitrogens with zero attached hydrogens (tertiary/aromatic N) is 2. The van der Waals surface area contributed by atoms with Gasteiger partial charge in [0.1, 0.15) is 5.82 Å². The van der Waals surface area contributed by atoms with Gasteiger partial charge in [-0.1, -0.05) is 0 Å². The van der Waals surface area contributed by atoms with Gasteiger partial charge in [-0.25, -0.2) is 4.39 Å². The van der Waals surface area contributed by atoms with Crippen LogP contribution in [0.1, 0.15) is 64.4 Å². The second-order valence-electron chi connectivity index (χ2n) is 9.00. The number of carbonyl (C=O) groups is 4. The van der Waals surface area contributed by atoms with E-state index in [0.717, 1.165) is 0 Å². The van der Waals surface area contributed by atoms with E-state index in [4.69, 9.17) is 0 Å². The van der Waals surface area contributed by atoms with Crippen molar-refractivity contribution < 1.29 is 23.6 Å². The van der Waals surface area contributed by atoms with Crippen molar-refractivity contribution in [3.05, 3.63) is 52.1 Å². The summed E-state index contributed by atoms with van der Waals surface area (Å²) in [7, 11) is 1.63. The average molecular weight is 471 g/mol. The molecule has 0 unspecified atom stereocenters. The van der Waals surface area contributed by atoms with E-state index in [1.54, 1.807) is 37.3 Å². The molecule has 3 amide bonds. The van der Waals surface area contributed by atoms with Crippen molar-refractivity contribution in [2.75, 3.05) is 11.9 Å². The van der Waals surface area contributed by atoms with E-state index in [2.05, 4.69) is 10.6 Å². The minimum Gasteiger partial charge on any atom is -0.346 e. The standard InChI is InChI=1S/C25H31FN4O4/c1-13-11-18(7-8-20(13)26)27-24(33)21-15(3)22(29(6)16(21)4)23(32)25(34)28-19-9-10-30(17(5)31)14(2)12-19/h7-8,11,14,19H,9-10,12H2,1-6H3,(H,27,33)(H,28,34)/t14-,19-/m1/s1. The monoisotopic (exact) mass is 470 g/mol. The maximum Gasteiger partial charge on any atom is 0.294 e. The zero-order chi connectivity index (χ0) is 25.3. The quantitative estimate of drug-likeness (QED) is 0.518. The van der Waals surface area contributed by atoms with Gasteiger partial charge in [-0.05, 0) is 69.9 Å². The van der Waals surface area contributed by atoms with E-state index in [9.17, 15) is 23.6 Å². The number of hydrogen-bond donors (Lipinski definition) is 2. The molecule has 2 heterocycles. The third-order valence-electron chi connectivity index (χ3n) is 6.61. The lowest BCUT2D eigenvalue weighted by molar-refractivity contribution is -0.132. The Kier molecular flexibility index (Phi) is 7.24. The van der Waals surface area contributed by atoms with Gasteiger partial charge in [0.2, 0.25) is 5.91 Å². The van der Waals surface area contributed by atoms with E-state index < -0.39 is 17.6 Å². The van der Waals surface area contributed by atoms with Gasteiger partial charge in [0, 0.05) is 44.0 Å². The number of halogens is 1. The summed E-state index contributed by atoms with van der Waals surface area (Å²) in [5.41, 5.74) is 2.21. The molecule has 1 aromatic carbocycles. The molecule has 1 fully saturated rings. The summed E-state index contributed by atoms with van der Waals surface area (Å²) in [5.74, 6) is -2.28. The van der Waals surface area contributed by atoms with Crippen molar-refractivity contribution in [3.8, 4) is 0 Å². The van der Waals surface area contributed by atoms with Crippen LogP contribution in [0.5, 0.6) is 0 Å². The topological polar surface area (TPSA) is 101 Å². The highest BCUT2D eigenvalue weighted by Gasteiger charge is 2.32. The highest BCUT2D eigenvalue weighted by Crippen LogP contribution is 2.24. The van der Waals surface area contributed by atoms with Crippen LogP contribution < -0.4 is 10.6 Å². The van der Waals surface area contributed by atoms with Gasteiger partial charge in [-0.3, -0.25) is 19.2 Å². The molecule has 0 spiro atoms. The molecule has 1 saturated heterocycles. The largest absolute Gasteiger partial charge is 0.346 e. The van der Waals surface area contributed by atoms with Crippen molar-refractivity contribution in [2.45, 2.75) is 59.5 Å². The minimum atomic E-state index is -0.738. The number of anilines is 1. The number of hydrogen-bond acceptors (Lipinski definition) is 4. The molecule has 3 rings (SSSR count). The summed E-state index contributed by atoms with van der Waals surface area (Å²) in [6.07, 6.45) is 1.13. The number of likely N-dealkylation sites (tertiary alicyclic amines) is 1. The zero-order valence-corrected chi connectivity index (χ0v) is 20.4. The number of piperidine rings is 1. The molecule has 1 aromatic heterocycles. The lowest BCUT2D eigenvalue weighted by Crippen LogP contribution is -2.51. The molecular formula is C25H31FN4O4. The van der Waals surface area contributed by atoms with E-state index in [-0.39, 0.29) is 29.5 Å². The molecule has 34 heavy (non-hydrogen) atoms. The molecule has 2 N–H and O–H groups in total. The fourth-order valence-corrected chi connectivity index (χ4v) is 4.68. The number of rotatable bonds is 5. The number of ketones is 1. The molecule has 2 aromatic rings. The second kappa shape index (κ2) is 9.79. The smallest absolute Gasteiger partial charge is 0.294 e. The molecule has 182 valence electrons. The fraction of sp³-hybridized carbons (Fsp3) is 0.440. The molecule has 1 aliphatic heterocycles. The first-order valence-corrected chi connectivity index (χ1v) is 11.3. The third-order valence-corrected chi connectivity index (χ3v) is 6.61. The van der Waals surface area contributed by atoms with Crippen LogP contribution in [0, 0.1) is 26.6 Å². The number of benzene rings is 1. The Bertz CT molecular complexity index is 1170. The Morgan fingerprint density at radius 2 is 1.79 bits per heavy atom. The van der Waals surface area contributed by atoms with Crippen LogP contribution in [0.25, 0.3) is 0 Å². The first kappa shape index (κ1) is 25.1. The Balaban J connectivity index is 1.77. The Labute approximate surface area is 198 Å². The van der Waals surface area contributed by atoms with Gasteiger partial charge in [0.15, 0.2) is 0 Å². The molecule has 9 heteroatoms. The van der Waals surface area contributed by atoms with Crippen LogP contribution in [0.2, 0.25) is 0 Å². The molecule has 0 bridgehead atoms. The van der Waals surface area contributed by atoms with E-state index in [0.29, 0.717) is 47.5 Å². The van der Waals surface area contributed by atoms with Crippen LogP contribution in [0.15, 0.2) is 18.2 Å². The van der Waals surface area contributed by atoms with Crippen molar-refractivity contribution in [2.24, 2.45) is 7.05 Å². The van der Waals surface area contributed by atoms with Crippen molar-refractivity contribution >= 4 is 29.2 Å². The molecule has 0 aliphatic carbocycles. The Morgan fingerprint density at radius 3 is 2.38 bits per heavy atom. The van der Waals surface area contributed by atoms with Crippen LogP contribution in [-0.2, 0) is 16.6 Å². The molecule has 2 atom stereocenters. The van der Waals surface area contributed by atoms with Crippen LogP contribution >= 0.6 is 0 Å². The lowest BCUT2D eigenvalue weighted by atomic mass is 9.97. The van der Waals surface area contributed by atoms with Crippen molar-refractivity contribution in [3.63, 3.8) is 0 Å². The average Bonchev–Trinajstić information content (AvgIpc) is 2.98. The predicted octanol–water partition coefficient (Wildman–Crippen LogP) is 3.04. The summed E-state index contributed by atoms with van der Waals surface area (Å²) in [6, 6.07) is 4.02. The van der Waals surface area contributed by atoms with Gasteiger partial charge >= 0.3 is 0 Å². The summed E-state index contributed by atoms with van der Waals surface area (Å²) in [4.78, 5) is 52.3. The van der Waals surface area contributed by atoms with Crippen LogP contribution in [0.4, 0.5) is 10.1 Å². The minimum absolute atomic E-state index is 0.00938. The van der Waals surface area contributed by atoms with Crippen molar-refractivity contribution in [1.82, 2.24) is 14.8 Å². The van der Waals surface area contributed by atoms with Gasteiger partial charge in [0.25, 0.3) is 17.6 Å². The van der Waals surface area contributed by atoms with Gasteiger partial charge < -0.3 is 20.1 Å². The molecule has 8 nitrogen and oxygen atoms in total. The first-order chi connectivity index (χ1) is 15.9. The maximum atomic E-state index is 13.5. The van der Waals surface area contributed by atoms with Gasteiger partial charge in [-0.15, -0.1) is 0 Å². The van der Waals surface area contributed by atoms with Gasteiger partial charge in [0.05, 0.1) is 11.3 Å². The molecular weight excluding hydrogens is 439 g/mol. The summed E-state index contributed by atoms with van der Waals surface area (Å²) >= 11 is 0. The number of Topliss-reactive ketones (excluding diaryl/α,β-unsaturated/α-hetero) is 1. The number of amides is 3. The highest BCUT2D eigenvalue weighted by atomic mass is 19.1. The molecule has 0 radical (unpaired) electrons. The number of aryl methyl sites for hydroxylation is 1. The summed E-state index contributed by atoms with van der Waals surface area (Å²) in [6.45, 7) is 8.89. The SMILES string of the molecule is CC(=O)N1CC[C@@H](NC(=O)C(=O)c2c(C)c(C(=O)Nc3ccc(F)c(C)c3)c(C)n2C)C[C@H]1C. The number of nitrogens with one attached hydrogen (secondary N) is 2. The first-order valence-electron chi connectivity index (χ1n) is 11.3. The lowest BCUT2D eigenvalue weighted by Gasteiger charge is -2.37. The van der Waals surface area contributed by atoms with Crippen molar-refractivity contribution in [1.29, 1.82) is 0 Å². The summed E-state index contributed by atoms with van der Waals surface area (Å²) in [5, 5.41) is 5.53. The number of aromatic nitrogens is 1. The Morgan fingerprint density at radius 1 is 1.12 bits per heavy atom. The van der Waals surface area contributed by atoms with E-state index in [1.165, 1.54) is 25.1 Å². The molecule has 1 aliphatic rings. The van der Waals surface area contributed by atoms with E-state index in [1.807, 2.05) is 6.92 Å². The predicted molar refractivity (Wildman–Crippen MR) is 126 cm³/mol. The highest BCUT2D eigenvalue weighted by molar-refractivity contribution is 6.43. The molecule has 0 saturated carbocycles. The van der Waals surface area contributed by atoms with Gasteiger partial charge in [-0.2, -0.15) is 0 Å². The van der Waals surface area contributed by atoms with E-state index >= 15 is 0 Å². The fourth-order valence-electron chi connectivity index (χ4n) is 4.68. The van der Waals surface area contributed by atoms with Crippen LogP contribution in [0.3, 0.4) is 0 Å². The number of carbonyl (C=O) groups excluding carboxylic acids is 4. The maximum absolute atomic E-state index is 13.5.